The molecule has 1 aromatic rings. The third kappa shape index (κ3) is 2.89. The molecule has 0 aliphatic carbocycles. The van der Waals surface area contributed by atoms with Crippen molar-refractivity contribution in [1.29, 1.82) is 0 Å². The van der Waals surface area contributed by atoms with Crippen LogP contribution in [0.25, 0.3) is 0 Å². The molecule has 1 rings (SSSR count). The van der Waals surface area contributed by atoms with Gasteiger partial charge in [0, 0.05) is 6.54 Å². The molecule has 88 valence electrons. The van der Waals surface area contributed by atoms with Crippen molar-refractivity contribution in [3.05, 3.63) is 23.8 Å². The van der Waals surface area contributed by atoms with Crippen LogP contribution < -0.4 is 10.1 Å². The molecule has 0 unspecified atom stereocenters. The molecule has 1 amide bonds. The SMILES string of the molecule is COc1cccc(O)c1C(=O)NCC(C)C. The second kappa shape index (κ2) is 5.39. The van der Waals surface area contributed by atoms with Crippen molar-refractivity contribution in [3.8, 4) is 11.5 Å². The molecule has 0 aliphatic rings. The van der Waals surface area contributed by atoms with Gasteiger partial charge in [-0.15, -0.1) is 0 Å². The molecule has 16 heavy (non-hydrogen) atoms. The van der Waals surface area contributed by atoms with Gasteiger partial charge in [0.05, 0.1) is 7.11 Å². The number of carbonyl (C=O) groups is 1. The van der Waals surface area contributed by atoms with Gasteiger partial charge < -0.3 is 15.2 Å². The Hall–Kier alpha value is -1.71. The highest BCUT2D eigenvalue weighted by Crippen LogP contribution is 2.26. The minimum atomic E-state index is -0.316. The Morgan fingerprint density at radius 2 is 2.19 bits per heavy atom. The average Bonchev–Trinajstić information content (AvgIpc) is 2.25. The third-order valence-electron chi connectivity index (χ3n) is 2.12. The summed E-state index contributed by atoms with van der Waals surface area (Å²) < 4.78 is 5.03. The van der Waals surface area contributed by atoms with Gasteiger partial charge in [-0.3, -0.25) is 4.79 Å². The molecule has 0 fully saturated rings. The number of amides is 1. The topological polar surface area (TPSA) is 58.6 Å². The first-order valence-corrected chi connectivity index (χ1v) is 5.20. The summed E-state index contributed by atoms with van der Waals surface area (Å²) in [5, 5.41) is 12.4. The molecule has 0 saturated carbocycles. The predicted octanol–water partition coefficient (Wildman–Crippen LogP) is 1.79. The van der Waals surface area contributed by atoms with Crippen molar-refractivity contribution in [1.82, 2.24) is 5.32 Å². The maximum Gasteiger partial charge on any atom is 0.258 e. The Morgan fingerprint density at radius 3 is 2.75 bits per heavy atom. The van der Waals surface area contributed by atoms with E-state index in [4.69, 9.17) is 4.74 Å². The summed E-state index contributed by atoms with van der Waals surface area (Å²) in [4.78, 5) is 11.8. The first-order valence-electron chi connectivity index (χ1n) is 5.20. The van der Waals surface area contributed by atoms with E-state index in [2.05, 4.69) is 5.32 Å². The van der Waals surface area contributed by atoms with Crippen molar-refractivity contribution in [3.63, 3.8) is 0 Å². The first-order chi connectivity index (χ1) is 7.56. The van der Waals surface area contributed by atoms with Crippen LogP contribution in [0.3, 0.4) is 0 Å². The van der Waals surface area contributed by atoms with Gasteiger partial charge in [0.15, 0.2) is 0 Å². The fraction of sp³-hybridized carbons (Fsp3) is 0.417. The van der Waals surface area contributed by atoms with E-state index in [-0.39, 0.29) is 17.2 Å². The van der Waals surface area contributed by atoms with Gasteiger partial charge >= 0.3 is 0 Å². The van der Waals surface area contributed by atoms with Crippen LogP contribution in [-0.2, 0) is 0 Å². The van der Waals surface area contributed by atoms with Crippen LogP contribution in [0.5, 0.6) is 11.5 Å². The molecular formula is C12H17NO3. The van der Waals surface area contributed by atoms with Crippen LogP contribution in [-0.4, -0.2) is 24.7 Å². The summed E-state index contributed by atoms with van der Waals surface area (Å²) in [6, 6.07) is 4.74. The predicted molar refractivity (Wildman–Crippen MR) is 61.8 cm³/mol. The van der Waals surface area contributed by atoms with Gasteiger partial charge in [-0.05, 0) is 18.1 Å². The normalized spacial score (nSPS) is 10.2. The van der Waals surface area contributed by atoms with Crippen molar-refractivity contribution < 1.29 is 14.6 Å². The standard InChI is InChI=1S/C12H17NO3/c1-8(2)7-13-12(15)11-9(14)5-4-6-10(11)16-3/h4-6,8,14H,7H2,1-3H3,(H,13,15). The number of aromatic hydroxyl groups is 1. The second-order valence-corrected chi connectivity index (χ2v) is 3.96. The van der Waals surface area contributed by atoms with E-state index in [0.717, 1.165) is 0 Å². The molecule has 0 aromatic heterocycles. The Bertz CT molecular complexity index is 375. The molecule has 0 saturated heterocycles. The minimum absolute atomic E-state index is 0.0689. The van der Waals surface area contributed by atoms with Crippen LogP contribution in [0.15, 0.2) is 18.2 Å². The monoisotopic (exact) mass is 223 g/mol. The number of ether oxygens (including phenoxy) is 1. The molecular weight excluding hydrogens is 206 g/mol. The quantitative estimate of drug-likeness (QED) is 0.818. The number of hydrogen-bond acceptors (Lipinski definition) is 3. The van der Waals surface area contributed by atoms with Crippen molar-refractivity contribution >= 4 is 5.91 Å². The fourth-order valence-corrected chi connectivity index (χ4v) is 1.30. The lowest BCUT2D eigenvalue weighted by Crippen LogP contribution is -2.27. The molecule has 0 spiro atoms. The summed E-state index contributed by atoms with van der Waals surface area (Å²) in [5.41, 5.74) is 0.186. The summed E-state index contributed by atoms with van der Waals surface area (Å²) in [7, 11) is 1.47. The van der Waals surface area contributed by atoms with Crippen LogP contribution in [0.2, 0.25) is 0 Å². The fourth-order valence-electron chi connectivity index (χ4n) is 1.30. The summed E-state index contributed by atoms with van der Waals surface area (Å²) >= 11 is 0. The zero-order chi connectivity index (χ0) is 12.1. The van der Waals surface area contributed by atoms with Gasteiger partial charge in [-0.1, -0.05) is 19.9 Å². The van der Waals surface area contributed by atoms with Crippen LogP contribution >= 0.6 is 0 Å². The smallest absolute Gasteiger partial charge is 0.258 e. The first kappa shape index (κ1) is 12.4. The van der Waals surface area contributed by atoms with E-state index in [0.29, 0.717) is 18.2 Å². The van der Waals surface area contributed by atoms with Gasteiger partial charge in [0.25, 0.3) is 5.91 Å². The van der Waals surface area contributed by atoms with Gasteiger partial charge in [-0.25, -0.2) is 0 Å². The maximum absolute atomic E-state index is 11.8. The highest BCUT2D eigenvalue weighted by molar-refractivity contribution is 5.99. The highest BCUT2D eigenvalue weighted by atomic mass is 16.5. The molecule has 0 aliphatic heterocycles. The van der Waals surface area contributed by atoms with Crippen molar-refractivity contribution in [2.75, 3.05) is 13.7 Å². The molecule has 0 radical (unpaired) electrons. The molecule has 0 heterocycles. The summed E-state index contributed by atoms with van der Waals surface area (Å²) in [6.45, 7) is 4.57. The van der Waals surface area contributed by atoms with E-state index in [1.807, 2.05) is 13.8 Å². The number of hydrogen-bond donors (Lipinski definition) is 2. The van der Waals surface area contributed by atoms with Gasteiger partial charge in [0.2, 0.25) is 0 Å². The number of rotatable bonds is 4. The van der Waals surface area contributed by atoms with Crippen molar-refractivity contribution in [2.24, 2.45) is 5.92 Å². The molecule has 2 N–H and O–H groups in total. The van der Waals surface area contributed by atoms with E-state index in [1.165, 1.54) is 13.2 Å². The van der Waals surface area contributed by atoms with E-state index < -0.39 is 0 Å². The number of benzene rings is 1. The lowest BCUT2D eigenvalue weighted by atomic mass is 10.1. The lowest BCUT2D eigenvalue weighted by Gasteiger charge is -2.11. The minimum Gasteiger partial charge on any atom is -0.507 e. The van der Waals surface area contributed by atoms with E-state index >= 15 is 0 Å². The van der Waals surface area contributed by atoms with E-state index in [9.17, 15) is 9.90 Å². The zero-order valence-corrected chi connectivity index (χ0v) is 9.78. The average molecular weight is 223 g/mol. The molecule has 4 nitrogen and oxygen atoms in total. The zero-order valence-electron chi connectivity index (χ0n) is 9.78. The van der Waals surface area contributed by atoms with Gasteiger partial charge in [0.1, 0.15) is 17.1 Å². The molecule has 0 bridgehead atoms. The number of phenols is 1. The summed E-state index contributed by atoms with van der Waals surface area (Å²) in [5.74, 6) is 0.353. The van der Waals surface area contributed by atoms with Crippen LogP contribution in [0.4, 0.5) is 0 Å². The summed E-state index contributed by atoms with van der Waals surface area (Å²) in [6.07, 6.45) is 0. The number of phenolic OH excluding ortho intramolecular Hbond substituents is 1. The molecule has 0 atom stereocenters. The second-order valence-electron chi connectivity index (χ2n) is 3.96. The largest absolute Gasteiger partial charge is 0.507 e. The Kier molecular flexibility index (Phi) is 4.17. The highest BCUT2D eigenvalue weighted by Gasteiger charge is 2.16. The van der Waals surface area contributed by atoms with E-state index in [1.54, 1.807) is 12.1 Å². The van der Waals surface area contributed by atoms with Crippen LogP contribution in [0, 0.1) is 5.92 Å². The Morgan fingerprint density at radius 1 is 1.50 bits per heavy atom. The maximum atomic E-state index is 11.8. The van der Waals surface area contributed by atoms with Crippen molar-refractivity contribution in [2.45, 2.75) is 13.8 Å². The number of nitrogens with one attached hydrogen (secondary N) is 1. The molecule has 4 heteroatoms. The molecule has 1 aromatic carbocycles. The Labute approximate surface area is 95.2 Å². The lowest BCUT2D eigenvalue weighted by molar-refractivity contribution is 0.0943. The van der Waals surface area contributed by atoms with Gasteiger partial charge in [-0.2, -0.15) is 0 Å². The van der Waals surface area contributed by atoms with Crippen LogP contribution in [0.1, 0.15) is 24.2 Å². The Balaban J connectivity index is 2.89. The third-order valence-corrected chi connectivity index (χ3v) is 2.12. The number of methoxy groups -OCH3 is 1. The number of carbonyl (C=O) groups excluding carboxylic acids is 1.